The van der Waals surface area contributed by atoms with E-state index in [1.54, 1.807) is 31.6 Å². The summed E-state index contributed by atoms with van der Waals surface area (Å²) in [5.74, 6) is 0.679. The van der Waals surface area contributed by atoms with Gasteiger partial charge in [0.05, 0.1) is 12.7 Å². The van der Waals surface area contributed by atoms with E-state index in [4.69, 9.17) is 17.0 Å². The van der Waals surface area contributed by atoms with Crippen LogP contribution in [0.2, 0.25) is 0 Å². The maximum absolute atomic E-state index is 12.6. The molecule has 0 radical (unpaired) electrons. The summed E-state index contributed by atoms with van der Waals surface area (Å²) in [6.45, 7) is 7.18. The van der Waals surface area contributed by atoms with E-state index in [1.165, 1.54) is 9.87 Å². The molecule has 1 aliphatic heterocycles. The van der Waals surface area contributed by atoms with Crippen molar-refractivity contribution in [2.45, 2.75) is 25.2 Å². The Kier molecular flexibility index (Phi) is 9.00. The standard InChI is InChI=1S/C23H33N3O3S2/c1-6-11-20(21(7-2)29-5)22(30)24-18-23(19-12-9-8-10-13-19)14-16-26(17-15-23)31(27,28)25(3)4/h6-13H,1,14-18H2,2-5H3,(H,24,30)/b20-11+,21-7+. The van der Waals surface area contributed by atoms with Gasteiger partial charge >= 0.3 is 0 Å². The van der Waals surface area contributed by atoms with Gasteiger partial charge in [0.2, 0.25) is 0 Å². The molecule has 31 heavy (non-hydrogen) atoms. The van der Waals surface area contributed by atoms with Crippen LogP contribution in [0.3, 0.4) is 0 Å². The van der Waals surface area contributed by atoms with E-state index >= 15 is 0 Å². The summed E-state index contributed by atoms with van der Waals surface area (Å²) in [5, 5.41) is 3.42. The van der Waals surface area contributed by atoms with Crippen LogP contribution in [0.4, 0.5) is 0 Å². The van der Waals surface area contributed by atoms with E-state index in [-0.39, 0.29) is 5.41 Å². The highest BCUT2D eigenvalue weighted by Crippen LogP contribution is 2.36. The third kappa shape index (κ3) is 5.83. The first kappa shape index (κ1) is 25.3. The number of piperidine rings is 1. The maximum atomic E-state index is 12.6. The van der Waals surface area contributed by atoms with Gasteiger partial charge in [-0.25, -0.2) is 0 Å². The number of benzene rings is 1. The van der Waals surface area contributed by atoms with Gasteiger partial charge in [-0.1, -0.05) is 55.2 Å². The first-order valence-electron chi connectivity index (χ1n) is 10.3. The van der Waals surface area contributed by atoms with Crippen molar-refractivity contribution in [2.24, 2.45) is 0 Å². The Balaban J connectivity index is 2.26. The lowest BCUT2D eigenvalue weighted by atomic mass is 9.73. The van der Waals surface area contributed by atoms with Crippen LogP contribution >= 0.6 is 12.2 Å². The summed E-state index contributed by atoms with van der Waals surface area (Å²) in [6, 6.07) is 10.2. The number of methoxy groups -OCH3 is 1. The summed E-state index contributed by atoms with van der Waals surface area (Å²) < 4.78 is 33.4. The minimum absolute atomic E-state index is 0.230. The number of thiocarbonyl (C=S) groups is 1. The number of hydrogen-bond acceptors (Lipinski definition) is 4. The number of rotatable bonds is 9. The summed E-state index contributed by atoms with van der Waals surface area (Å²) >= 11 is 5.67. The SMILES string of the molecule is C=C/C=C(C(=S)NCC1(c2ccccc2)CCN(S(=O)(=O)N(C)C)CC1)\C(=C/C)OC. The fourth-order valence-electron chi connectivity index (χ4n) is 3.85. The molecule has 1 aromatic rings. The van der Waals surface area contributed by atoms with Gasteiger partial charge < -0.3 is 10.1 Å². The van der Waals surface area contributed by atoms with Crippen molar-refractivity contribution in [3.8, 4) is 0 Å². The molecule has 6 nitrogen and oxygen atoms in total. The highest BCUT2D eigenvalue weighted by atomic mass is 32.2. The number of hydrogen-bond donors (Lipinski definition) is 1. The zero-order valence-electron chi connectivity index (χ0n) is 18.8. The molecule has 0 spiro atoms. The van der Waals surface area contributed by atoms with Crippen LogP contribution in [0, 0.1) is 0 Å². The highest BCUT2D eigenvalue weighted by molar-refractivity contribution is 7.86. The average molecular weight is 464 g/mol. The van der Waals surface area contributed by atoms with Crippen LogP contribution in [0.15, 0.2) is 66.5 Å². The fourth-order valence-corrected chi connectivity index (χ4v) is 5.20. The molecule has 1 aliphatic rings. The Morgan fingerprint density at radius 3 is 2.39 bits per heavy atom. The Morgan fingerprint density at radius 1 is 1.29 bits per heavy atom. The van der Waals surface area contributed by atoms with Crippen LogP contribution in [0.1, 0.15) is 25.3 Å². The van der Waals surface area contributed by atoms with Gasteiger partial charge in [0.1, 0.15) is 10.7 Å². The summed E-state index contributed by atoms with van der Waals surface area (Å²) in [4.78, 5) is 0.577. The van der Waals surface area contributed by atoms with Crippen molar-refractivity contribution in [3.63, 3.8) is 0 Å². The van der Waals surface area contributed by atoms with E-state index in [1.807, 2.05) is 37.3 Å². The maximum Gasteiger partial charge on any atom is 0.281 e. The predicted molar refractivity (Wildman–Crippen MR) is 131 cm³/mol. The number of allylic oxidation sites excluding steroid dienone is 3. The summed E-state index contributed by atoms with van der Waals surface area (Å²) in [7, 11) is 1.32. The van der Waals surface area contributed by atoms with Crippen LogP contribution in [0.5, 0.6) is 0 Å². The molecular weight excluding hydrogens is 430 g/mol. The van der Waals surface area contributed by atoms with E-state index in [2.05, 4.69) is 24.0 Å². The molecule has 0 bridgehead atoms. The van der Waals surface area contributed by atoms with Crippen molar-refractivity contribution < 1.29 is 13.2 Å². The van der Waals surface area contributed by atoms with Crippen molar-refractivity contribution >= 4 is 27.4 Å². The van der Waals surface area contributed by atoms with Crippen LogP contribution < -0.4 is 5.32 Å². The first-order chi connectivity index (χ1) is 14.7. The zero-order valence-corrected chi connectivity index (χ0v) is 20.4. The molecule has 0 aliphatic carbocycles. The lowest BCUT2D eigenvalue weighted by molar-refractivity contribution is 0.225. The lowest BCUT2D eigenvalue weighted by Crippen LogP contribution is -2.52. The van der Waals surface area contributed by atoms with Crippen molar-refractivity contribution in [1.82, 2.24) is 13.9 Å². The summed E-state index contributed by atoms with van der Waals surface area (Å²) in [6.07, 6.45) is 6.77. The highest BCUT2D eigenvalue weighted by Gasteiger charge is 2.40. The molecule has 0 aromatic heterocycles. The molecule has 1 aromatic carbocycles. The van der Waals surface area contributed by atoms with Crippen LogP contribution in [-0.2, 0) is 20.4 Å². The number of nitrogens with one attached hydrogen (secondary N) is 1. The molecule has 8 heteroatoms. The smallest absolute Gasteiger partial charge is 0.281 e. The van der Waals surface area contributed by atoms with Crippen molar-refractivity contribution in [1.29, 1.82) is 0 Å². The molecule has 1 saturated heterocycles. The molecular formula is C23H33N3O3S2. The Labute approximate surface area is 192 Å². The Morgan fingerprint density at radius 2 is 1.90 bits per heavy atom. The molecule has 1 N–H and O–H groups in total. The summed E-state index contributed by atoms with van der Waals surface area (Å²) in [5.41, 5.74) is 1.72. The zero-order chi connectivity index (χ0) is 23.1. The molecule has 0 amide bonds. The van der Waals surface area contributed by atoms with Gasteiger partial charge in [-0.05, 0) is 37.5 Å². The third-order valence-electron chi connectivity index (χ3n) is 5.72. The molecule has 0 atom stereocenters. The van der Waals surface area contributed by atoms with E-state index in [9.17, 15) is 8.42 Å². The molecule has 0 unspecified atom stereocenters. The van der Waals surface area contributed by atoms with Crippen molar-refractivity contribution in [3.05, 3.63) is 72.0 Å². The number of nitrogens with zero attached hydrogens (tertiary/aromatic N) is 2. The predicted octanol–water partition coefficient (Wildman–Crippen LogP) is 3.41. The third-order valence-corrected chi connectivity index (χ3v) is 8.02. The Bertz CT molecular complexity index is 930. The van der Waals surface area contributed by atoms with Gasteiger partial charge in [-0.15, -0.1) is 0 Å². The second-order valence-electron chi connectivity index (χ2n) is 7.69. The lowest BCUT2D eigenvalue weighted by Gasteiger charge is -2.42. The van der Waals surface area contributed by atoms with Gasteiger partial charge in [-0.3, -0.25) is 0 Å². The van der Waals surface area contributed by atoms with Gasteiger partial charge in [0.15, 0.2) is 0 Å². The van der Waals surface area contributed by atoms with Crippen molar-refractivity contribution in [2.75, 3.05) is 40.8 Å². The average Bonchev–Trinajstić information content (AvgIpc) is 2.78. The van der Waals surface area contributed by atoms with Crippen LogP contribution in [0.25, 0.3) is 0 Å². The molecule has 0 saturated carbocycles. The van der Waals surface area contributed by atoms with Gasteiger partial charge in [0.25, 0.3) is 10.2 Å². The fraction of sp³-hybridized carbons (Fsp3) is 0.435. The van der Waals surface area contributed by atoms with E-state index in [0.29, 0.717) is 43.2 Å². The second kappa shape index (κ2) is 11.0. The largest absolute Gasteiger partial charge is 0.496 e. The number of ether oxygens (including phenoxy) is 1. The topological polar surface area (TPSA) is 61.9 Å². The minimum atomic E-state index is -3.43. The molecule has 1 fully saturated rings. The van der Waals surface area contributed by atoms with Gasteiger partial charge in [-0.2, -0.15) is 17.0 Å². The second-order valence-corrected chi connectivity index (χ2v) is 10.2. The van der Waals surface area contributed by atoms with Gasteiger partial charge in [0, 0.05) is 39.1 Å². The monoisotopic (exact) mass is 463 g/mol. The molecule has 1 heterocycles. The molecule has 2 rings (SSSR count). The first-order valence-corrected chi connectivity index (χ1v) is 12.1. The molecule has 170 valence electrons. The van der Waals surface area contributed by atoms with E-state index < -0.39 is 10.2 Å². The quantitative estimate of drug-likeness (QED) is 0.263. The normalized spacial score (nSPS) is 18.0. The van der Waals surface area contributed by atoms with E-state index in [0.717, 1.165) is 5.57 Å². The van der Waals surface area contributed by atoms with Crippen LogP contribution in [-0.4, -0.2) is 62.9 Å². The minimum Gasteiger partial charge on any atom is -0.496 e. The Hall–Kier alpha value is -2.00.